The Hall–Kier alpha value is -2.12. The highest BCUT2D eigenvalue weighted by Gasteiger charge is 2.21. The van der Waals surface area contributed by atoms with Crippen LogP contribution in [0.5, 0.6) is 0 Å². The Morgan fingerprint density at radius 3 is 3.19 bits per heavy atom. The fraction of sp³-hybridized carbons (Fsp3) is 0.316. The number of aromatic nitrogens is 2. The second-order valence-corrected chi connectivity index (χ2v) is 8.20. The lowest BCUT2D eigenvalue weighted by Gasteiger charge is -2.26. The van der Waals surface area contributed by atoms with Gasteiger partial charge in [-0.05, 0) is 30.4 Å². The molecule has 1 amide bonds. The minimum atomic E-state index is -0.0740. The zero-order chi connectivity index (χ0) is 17.9. The molecule has 1 atom stereocenters. The Bertz CT molecular complexity index is 996. The standard InChI is InChI=1S/C19H19N3O2S2/c23-17(21-16-7-3-5-13-4-1-2-6-15(13)16)12-25-11-14-10-18(24)22-8-9-26-19(22)20-14/h1-2,4,6,8-10,16H,3,5,7,11-12H2,(H,21,23). The summed E-state index contributed by atoms with van der Waals surface area (Å²) in [4.78, 5) is 29.5. The molecule has 2 aromatic heterocycles. The van der Waals surface area contributed by atoms with E-state index in [1.807, 2.05) is 11.4 Å². The maximum atomic E-state index is 12.3. The van der Waals surface area contributed by atoms with Crippen LogP contribution in [0.3, 0.4) is 0 Å². The SMILES string of the molecule is O=C(CSCc1cc(=O)n2ccsc2n1)NC1CCCc2ccccc21. The minimum Gasteiger partial charge on any atom is -0.349 e. The van der Waals surface area contributed by atoms with E-state index < -0.39 is 0 Å². The molecule has 0 bridgehead atoms. The summed E-state index contributed by atoms with van der Waals surface area (Å²) in [5, 5.41) is 5.00. The minimum absolute atomic E-state index is 0.0330. The molecule has 4 rings (SSSR count). The first-order valence-electron chi connectivity index (χ1n) is 8.61. The third kappa shape index (κ3) is 3.68. The summed E-state index contributed by atoms with van der Waals surface area (Å²) in [6.45, 7) is 0. The van der Waals surface area contributed by atoms with E-state index in [4.69, 9.17) is 0 Å². The van der Waals surface area contributed by atoms with Gasteiger partial charge in [0.05, 0.1) is 17.5 Å². The maximum Gasteiger partial charge on any atom is 0.258 e. The van der Waals surface area contributed by atoms with Crippen molar-refractivity contribution in [1.82, 2.24) is 14.7 Å². The van der Waals surface area contributed by atoms with Crippen LogP contribution < -0.4 is 10.9 Å². The lowest BCUT2D eigenvalue weighted by molar-refractivity contribution is -0.119. The topological polar surface area (TPSA) is 63.5 Å². The van der Waals surface area contributed by atoms with Crippen LogP contribution in [0.15, 0.2) is 46.7 Å². The first kappa shape index (κ1) is 17.3. The molecule has 0 fully saturated rings. The van der Waals surface area contributed by atoms with Gasteiger partial charge in [-0.2, -0.15) is 0 Å². The van der Waals surface area contributed by atoms with E-state index in [-0.39, 0.29) is 17.5 Å². The Balaban J connectivity index is 1.34. The van der Waals surface area contributed by atoms with E-state index in [0.717, 1.165) is 25.0 Å². The van der Waals surface area contributed by atoms with Gasteiger partial charge >= 0.3 is 0 Å². The maximum absolute atomic E-state index is 12.3. The molecule has 0 spiro atoms. The largest absolute Gasteiger partial charge is 0.349 e. The number of fused-ring (bicyclic) bond motifs is 2. The molecule has 1 aromatic carbocycles. The predicted octanol–water partition coefficient (Wildman–Crippen LogP) is 3.18. The molecule has 134 valence electrons. The number of benzene rings is 1. The van der Waals surface area contributed by atoms with Crippen molar-refractivity contribution in [1.29, 1.82) is 0 Å². The molecular weight excluding hydrogens is 366 g/mol. The number of rotatable bonds is 5. The second kappa shape index (κ2) is 7.63. The Kier molecular flexibility index (Phi) is 5.08. The smallest absolute Gasteiger partial charge is 0.258 e. The summed E-state index contributed by atoms with van der Waals surface area (Å²) < 4.78 is 1.53. The number of hydrogen-bond acceptors (Lipinski definition) is 5. The molecule has 1 N–H and O–H groups in total. The van der Waals surface area contributed by atoms with Gasteiger partial charge in [-0.3, -0.25) is 14.0 Å². The van der Waals surface area contributed by atoms with Gasteiger partial charge in [0.25, 0.3) is 5.56 Å². The molecule has 1 unspecified atom stereocenters. The monoisotopic (exact) mass is 385 g/mol. The molecule has 3 aromatic rings. The van der Waals surface area contributed by atoms with Crippen LogP contribution in [-0.4, -0.2) is 21.0 Å². The van der Waals surface area contributed by atoms with E-state index in [1.54, 1.807) is 12.3 Å². The first-order valence-corrected chi connectivity index (χ1v) is 10.6. The van der Waals surface area contributed by atoms with Crippen LogP contribution in [0.1, 0.15) is 35.7 Å². The van der Waals surface area contributed by atoms with Gasteiger partial charge in [0.1, 0.15) is 0 Å². The lowest BCUT2D eigenvalue weighted by atomic mass is 9.88. The molecule has 5 nitrogen and oxygen atoms in total. The highest BCUT2D eigenvalue weighted by molar-refractivity contribution is 7.99. The molecule has 1 aliphatic rings. The summed E-state index contributed by atoms with van der Waals surface area (Å²) in [5.41, 5.74) is 3.23. The average molecular weight is 386 g/mol. The van der Waals surface area contributed by atoms with Crippen molar-refractivity contribution in [3.63, 3.8) is 0 Å². The van der Waals surface area contributed by atoms with Gasteiger partial charge in [-0.15, -0.1) is 23.1 Å². The van der Waals surface area contributed by atoms with Gasteiger partial charge in [0, 0.05) is 23.4 Å². The molecular formula is C19H19N3O2S2. The van der Waals surface area contributed by atoms with E-state index in [9.17, 15) is 9.59 Å². The number of thiazole rings is 1. The summed E-state index contributed by atoms with van der Waals surface area (Å²) in [6.07, 6.45) is 4.90. The summed E-state index contributed by atoms with van der Waals surface area (Å²) in [6, 6.07) is 10.00. The molecule has 7 heteroatoms. The van der Waals surface area contributed by atoms with Crippen molar-refractivity contribution in [3.8, 4) is 0 Å². The first-order chi connectivity index (χ1) is 12.7. The van der Waals surface area contributed by atoms with Crippen LogP contribution >= 0.6 is 23.1 Å². The number of nitrogens with one attached hydrogen (secondary N) is 1. The van der Waals surface area contributed by atoms with E-state index in [1.165, 1.54) is 38.6 Å². The van der Waals surface area contributed by atoms with Crippen LogP contribution in [-0.2, 0) is 17.0 Å². The van der Waals surface area contributed by atoms with Crippen LogP contribution in [0.4, 0.5) is 0 Å². The number of carbonyl (C=O) groups is 1. The Labute approximate surface area is 159 Å². The molecule has 0 saturated carbocycles. The zero-order valence-corrected chi connectivity index (χ0v) is 15.8. The van der Waals surface area contributed by atoms with Crippen molar-refractivity contribution in [2.24, 2.45) is 0 Å². The van der Waals surface area contributed by atoms with E-state index >= 15 is 0 Å². The lowest BCUT2D eigenvalue weighted by Crippen LogP contribution is -2.32. The predicted molar refractivity (Wildman–Crippen MR) is 106 cm³/mol. The molecule has 0 saturated heterocycles. The third-order valence-electron chi connectivity index (χ3n) is 4.54. The molecule has 2 heterocycles. The van der Waals surface area contributed by atoms with Crippen molar-refractivity contribution >= 4 is 34.0 Å². The highest BCUT2D eigenvalue weighted by atomic mass is 32.2. The van der Waals surface area contributed by atoms with Crippen molar-refractivity contribution in [2.75, 3.05) is 5.75 Å². The average Bonchev–Trinajstić information content (AvgIpc) is 3.11. The van der Waals surface area contributed by atoms with Gasteiger partial charge < -0.3 is 5.32 Å². The highest BCUT2D eigenvalue weighted by Crippen LogP contribution is 2.29. The van der Waals surface area contributed by atoms with E-state index in [2.05, 4.69) is 28.5 Å². The van der Waals surface area contributed by atoms with Gasteiger partial charge in [0.15, 0.2) is 4.96 Å². The van der Waals surface area contributed by atoms with Gasteiger partial charge in [-0.25, -0.2) is 4.98 Å². The molecule has 26 heavy (non-hydrogen) atoms. The summed E-state index contributed by atoms with van der Waals surface area (Å²) in [5.74, 6) is 0.952. The molecule has 1 aliphatic carbocycles. The number of nitrogens with zero attached hydrogens (tertiary/aromatic N) is 2. The number of amides is 1. The fourth-order valence-electron chi connectivity index (χ4n) is 3.35. The van der Waals surface area contributed by atoms with Gasteiger partial charge in [-0.1, -0.05) is 24.3 Å². The number of thioether (sulfide) groups is 1. The quantitative estimate of drug-likeness (QED) is 0.733. The zero-order valence-electron chi connectivity index (χ0n) is 14.2. The number of hydrogen-bond donors (Lipinski definition) is 1. The Morgan fingerprint density at radius 2 is 2.27 bits per heavy atom. The second-order valence-electron chi connectivity index (χ2n) is 6.35. The van der Waals surface area contributed by atoms with Crippen molar-refractivity contribution < 1.29 is 4.79 Å². The van der Waals surface area contributed by atoms with Crippen molar-refractivity contribution in [2.45, 2.75) is 31.1 Å². The molecule has 0 aliphatic heterocycles. The molecule has 0 radical (unpaired) electrons. The van der Waals surface area contributed by atoms with Crippen LogP contribution in [0.2, 0.25) is 0 Å². The third-order valence-corrected chi connectivity index (χ3v) is 6.27. The fourth-order valence-corrected chi connectivity index (χ4v) is 4.82. The van der Waals surface area contributed by atoms with E-state index in [0.29, 0.717) is 16.5 Å². The number of aryl methyl sites for hydroxylation is 1. The van der Waals surface area contributed by atoms with Crippen LogP contribution in [0, 0.1) is 0 Å². The van der Waals surface area contributed by atoms with Crippen molar-refractivity contribution in [3.05, 3.63) is 69.1 Å². The summed E-state index contributed by atoms with van der Waals surface area (Å²) in [7, 11) is 0. The normalized spacial score (nSPS) is 16.4. The summed E-state index contributed by atoms with van der Waals surface area (Å²) >= 11 is 2.92. The van der Waals surface area contributed by atoms with Crippen LogP contribution in [0.25, 0.3) is 4.96 Å². The Morgan fingerprint density at radius 1 is 1.38 bits per heavy atom. The van der Waals surface area contributed by atoms with Gasteiger partial charge in [0.2, 0.25) is 5.91 Å². The number of carbonyl (C=O) groups excluding carboxylic acids is 1.